The number of carboxylic acid groups (broad SMARTS) is 1. The summed E-state index contributed by atoms with van der Waals surface area (Å²) in [6.07, 6.45) is -47.6. The number of hydrogen-bond acceptors (Lipinski definition) is 28. The standard InChI is InChI=1S/C37H62N2O29/c1-9(45)38-17-11(47)3-37(36(58)59,67-29(17)19(49)12(48)4-40)68-31-22(52)15(7-43)63-35(26(31)56)65-28-18(39-10(2)46)33(61-13(5-41)20(28)50)66-30-21(51)14(6-42)62-34(25(30)55)64-27-16(8-44)60-32(57)24(54)23(27)53/h11-35,40-44,47-57H,3-8H2,1-2H3,(H,38,45)(H,39,46)(H,58,59)/t11-,12+,13+,14+,15+,16+,17+,18+,19+,20-,21-,22-,23-,24+,25+,26+,27+,28+,29+,30-,31-,32+,33-,34-,35-,37-/m0/s1. The minimum atomic E-state index is -3.19. The van der Waals surface area contributed by atoms with Gasteiger partial charge in [0, 0.05) is 20.3 Å². The molecule has 26 atom stereocenters. The van der Waals surface area contributed by atoms with Crippen LogP contribution in [0.25, 0.3) is 0 Å². The van der Waals surface area contributed by atoms with E-state index < -0.39 is 216 Å². The molecule has 0 aliphatic carbocycles. The van der Waals surface area contributed by atoms with E-state index in [0.717, 1.165) is 13.8 Å². The molecule has 0 bridgehead atoms. The molecular weight excluding hydrogens is 936 g/mol. The van der Waals surface area contributed by atoms with Crippen molar-refractivity contribution < 1.29 is 144 Å². The molecule has 0 aromatic heterocycles. The molecule has 0 aromatic carbocycles. The molecule has 31 nitrogen and oxygen atoms in total. The molecular formula is C37H62N2O29. The Hall–Kier alpha value is -2.59. The molecule has 0 saturated carbocycles. The van der Waals surface area contributed by atoms with Gasteiger partial charge in [0.05, 0.1) is 45.2 Å². The number of carbonyl (C=O) groups excluding carboxylic acids is 2. The Morgan fingerprint density at radius 3 is 1.53 bits per heavy atom. The van der Waals surface area contributed by atoms with E-state index >= 15 is 0 Å². The highest BCUT2D eigenvalue weighted by molar-refractivity contribution is 5.76. The van der Waals surface area contributed by atoms with Crippen molar-refractivity contribution in [2.24, 2.45) is 0 Å². The number of ether oxygens (including phenoxy) is 9. The molecule has 5 aliphatic heterocycles. The second kappa shape index (κ2) is 23.8. The van der Waals surface area contributed by atoms with Crippen LogP contribution in [0.1, 0.15) is 20.3 Å². The number of rotatable bonds is 18. The van der Waals surface area contributed by atoms with Gasteiger partial charge in [-0.1, -0.05) is 0 Å². The van der Waals surface area contributed by atoms with Gasteiger partial charge in [0.2, 0.25) is 11.8 Å². The maximum atomic E-state index is 13.0. The van der Waals surface area contributed by atoms with Crippen LogP contribution < -0.4 is 10.6 Å². The lowest BCUT2D eigenvalue weighted by Crippen LogP contribution is -2.71. The van der Waals surface area contributed by atoms with Gasteiger partial charge >= 0.3 is 5.97 Å². The SMILES string of the molecule is CC(=O)N[C@H]1[C@H](O[C@H]2[C@@H](O)[C@@H](CO)O[C@@H](O[C@H]3[C@@H](O)[C@@H](O)[C@H](O)O[C@@H]3CO)[C@@H]2O)O[C@H](CO)[C@H](O)[C@@H]1O[C@@H]1O[C@H](CO)[C@H](O)[C@H](O[C@]2(C(=O)O)C[C@H](O)[C@@H](NC(C)=O)[C@H]([C@H](O)[C@H](O)CO)O2)[C@H]1O. The minimum Gasteiger partial charge on any atom is -0.477 e. The Kier molecular flexibility index (Phi) is 19.7. The van der Waals surface area contributed by atoms with Crippen molar-refractivity contribution in [3.8, 4) is 0 Å². The van der Waals surface area contributed by atoms with Crippen LogP contribution in [0.5, 0.6) is 0 Å². The third-order valence-corrected chi connectivity index (χ3v) is 12.1. The van der Waals surface area contributed by atoms with Crippen molar-refractivity contribution in [1.82, 2.24) is 10.6 Å². The summed E-state index contributed by atoms with van der Waals surface area (Å²) < 4.78 is 50.7. The van der Waals surface area contributed by atoms with Gasteiger partial charge in [-0.3, -0.25) is 9.59 Å². The Morgan fingerprint density at radius 2 is 1.03 bits per heavy atom. The van der Waals surface area contributed by atoms with Crippen LogP contribution in [-0.4, -0.2) is 297 Å². The van der Waals surface area contributed by atoms with E-state index in [-0.39, 0.29) is 0 Å². The lowest BCUT2D eigenvalue weighted by Gasteiger charge is -2.51. The zero-order chi connectivity index (χ0) is 50.7. The van der Waals surface area contributed by atoms with Crippen LogP contribution in [0.2, 0.25) is 0 Å². The zero-order valence-corrected chi connectivity index (χ0v) is 36.2. The highest BCUT2D eigenvalue weighted by Gasteiger charge is 2.61. The van der Waals surface area contributed by atoms with E-state index in [1.54, 1.807) is 0 Å². The molecule has 5 heterocycles. The van der Waals surface area contributed by atoms with Gasteiger partial charge in [-0.2, -0.15) is 0 Å². The summed E-state index contributed by atoms with van der Waals surface area (Å²) in [4.78, 5) is 37.7. The summed E-state index contributed by atoms with van der Waals surface area (Å²) in [5, 5.41) is 185. The molecule has 31 heteroatoms. The third-order valence-electron chi connectivity index (χ3n) is 12.1. The van der Waals surface area contributed by atoms with Gasteiger partial charge in [0.15, 0.2) is 25.2 Å². The van der Waals surface area contributed by atoms with Gasteiger partial charge < -0.3 is 140 Å². The zero-order valence-electron chi connectivity index (χ0n) is 36.2. The largest absolute Gasteiger partial charge is 0.477 e. The maximum absolute atomic E-state index is 13.0. The quantitative estimate of drug-likeness (QED) is 0.0606. The molecule has 0 radical (unpaired) electrons. The second-order valence-corrected chi connectivity index (χ2v) is 16.8. The van der Waals surface area contributed by atoms with Crippen molar-refractivity contribution in [2.75, 3.05) is 33.0 Å². The number of aliphatic hydroxyl groups excluding tert-OH is 16. The molecule has 5 saturated heterocycles. The highest BCUT2D eigenvalue weighted by Crippen LogP contribution is 2.39. The maximum Gasteiger partial charge on any atom is 0.364 e. The number of carbonyl (C=O) groups is 3. The molecule has 394 valence electrons. The van der Waals surface area contributed by atoms with Crippen LogP contribution in [0.15, 0.2) is 0 Å². The van der Waals surface area contributed by atoms with E-state index in [9.17, 15) is 101 Å². The Morgan fingerprint density at radius 1 is 0.574 bits per heavy atom. The van der Waals surface area contributed by atoms with E-state index in [4.69, 9.17) is 42.6 Å². The summed E-state index contributed by atoms with van der Waals surface area (Å²) in [5.74, 6) is -6.99. The molecule has 5 fully saturated rings. The first-order valence-corrected chi connectivity index (χ1v) is 21.2. The highest BCUT2D eigenvalue weighted by atomic mass is 16.8. The fourth-order valence-electron chi connectivity index (χ4n) is 8.53. The van der Waals surface area contributed by atoms with E-state index in [1.165, 1.54) is 0 Å². The molecule has 0 unspecified atom stereocenters. The predicted molar refractivity (Wildman–Crippen MR) is 207 cm³/mol. The predicted octanol–water partition coefficient (Wildman–Crippen LogP) is -12.4. The van der Waals surface area contributed by atoms with E-state index in [0.29, 0.717) is 0 Å². The first-order valence-electron chi connectivity index (χ1n) is 21.2. The average molecular weight is 999 g/mol. The molecule has 5 aliphatic rings. The van der Waals surface area contributed by atoms with Crippen molar-refractivity contribution in [2.45, 2.75) is 179 Å². The van der Waals surface area contributed by atoms with Crippen LogP contribution in [0, 0.1) is 0 Å². The monoisotopic (exact) mass is 998 g/mol. The van der Waals surface area contributed by atoms with Crippen molar-refractivity contribution >= 4 is 17.8 Å². The lowest BCUT2D eigenvalue weighted by molar-refractivity contribution is -0.389. The average Bonchev–Trinajstić information content (AvgIpc) is 3.29. The second-order valence-electron chi connectivity index (χ2n) is 16.8. The van der Waals surface area contributed by atoms with Gasteiger partial charge in [-0.25, -0.2) is 4.79 Å². The van der Waals surface area contributed by atoms with Gasteiger partial charge in [0.1, 0.15) is 116 Å². The number of nitrogens with one attached hydrogen (secondary N) is 2. The van der Waals surface area contributed by atoms with Crippen molar-refractivity contribution in [1.29, 1.82) is 0 Å². The summed E-state index contributed by atoms with van der Waals surface area (Å²) in [5.41, 5.74) is 0. The van der Waals surface area contributed by atoms with Gasteiger partial charge in [-0.15, -0.1) is 0 Å². The number of carboxylic acids is 1. The van der Waals surface area contributed by atoms with Crippen molar-refractivity contribution in [3.05, 3.63) is 0 Å². The summed E-state index contributed by atoms with van der Waals surface area (Å²) in [7, 11) is 0. The number of aliphatic carboxylic acids is 1. The number of amides is 2. The summed E-state index contributed by atoms with van der Waals surface area (Å²) >= 11 is 0. The third kappa shape index (κ3) is 11.8. The molecule has 2 amide bonds. The summed E-state index contributed by atoms with van der Waals surface area (Å²) in [6.45, 7) is -3.28. The van der Waals surface area contributed by atoms with Crippen LogP contribution in [0.3, 0.4) is 0 Å². The number of aliphatic hydroxyl groups is 16. The van der Waals surface area contributed by atoms with E-state index in [2.05, 4.69) is 10.6 Å². The molecule has 0 spiro atoms. The number of hydrogen-bond donors (Lipinski definition) is 19. The van der Waals surface area contributed by atoms with Gasteiger partial charge in [-0.05, 0) is 0 Å². The topological polar surface area (TPSA) is 502 Å². The fourth-order valence-corrected chi connectivity index (χ4v) is 8.53. The van der Waals surface area contributed by atoms with Gasteiger partial charge in [0.25, 0.3) is 5.79 Å². The first-order chi connectivity index (χ1) is 32.0. The molecule has 5 rings (SSSR count). The first kappa shape index (κ1) is 56.3. The van der Waals surface area contributed by atoms with Crippen molar-refractivity contribution in [3.63, 3.8) is 0 Å². The molecule has 0 aromatic rings. The Labute approximate surface area is 384 Å². The van der Waals surface area contributed by atoms with Crippen LogP contribution in [0.4, 0.5) is 0 Å². The lowest BCUT2D eigenvalue weighted by atomic mass is 9.88. The minimum absolute atomic E-state index is 0.818. The molecule has 19 N–H and O–H groups in total. The smallest absolute Gasteiger partial charge is 0.364 e. The Bertz CT molecular complexity index is 1660. The normalized spacial score (nSPS) is 46.6. The molecule has 68 heavy (non-hydrogen) atoms. The van der Waals surface area contributed by atoms with Crippen LogP contribution in [-0.2, 0) is 57.0 Å². The van der Waals surface area contributed by atoms with E-state index in [1.807, 2.05) is 0 Å². The van der Waals surface area contributed by atoms with Crippen LogP contribution >= 0.6 is 0 Å². The fraction of sp³-hybridized carbons (Fsp3) is 0.919. The summed E-state index contributed by atoms with van der Waals surface area (Å²) in [6, 6.07) is -3.51. The Balaban J connectivity index is 1.45.